The fourth-order valence-electron chi connectivity index (χ4n) is 2.26. The average Bonchev–Trinajstić information content (AvgIpc) is 2.76. The third-order valence-corrected chi connectivity index (χ3v) is 3.10. The van der Waals surface area contributed by atoms with Crippen molar-refractivity contribution < 1.29 is 4.79 Å². The molecular formula is C13H27IN4O. The Hall–Kier alpha value is -0.530. The molecule has 0 unspecified atom stereocenters. The van der Waals surface area contributed by atoms with E-state index in [-0.39, 0.29) is 35.9 Å². The van der Waals surface area contributed by atoms with Crippen LogP contribution in [-0.2, 0) is 4.79 Å². The molecule has 0 saturated heterocycles. The average molecular weight is 382 g/mol. The molecule has 1 aliphatic carbocycles. The number of nitrogens with zero attached hydrogens (tertiary/aromatic N) is 1. The molecule has 1 fully saturated rings. The van der Waals surface area contributed by atoms with Crippen molar-refractivity contribution in [3.63, 3.8) is 0 Å². The maximum Gasteiger partial charge on any atom is 0.220 e. The summed E-state index contributed by atoms with van der Waals surface area (Å²) < 4.78 is 0. The standard InChI is InChI=1S/C13H26N4O.HI/c1-10(2)17-13(14)16-8-7-15-12(18)9-11-5-3-4-6-11;/h10-11H,3-9H2,1-2H3,(H,15,18)(H3,14,16,17);1H. The number of amides is 1. The van der Waals surface area contributed by atoms with Gasteiger partial charge in [0.15, 0.2) is 5.96 Å². The molecule has 0 aromatic rings. The number of nitrogens with one attached hydrogen (secondary N) is 2. The van der Waals surface area contributed by atoms with Crippen LogP contribution in [0.4, 0.5) is 0 Å². The lowest BCUT2D eigenvalue weighted by Gasteiger charge is -2.10. The second kappa shape index (κ2) is 10.3. The molecule has 0 aromatic carbocycles. The van der Waals surface area contributed by atoms with E-state index >= 15 is 0 Å². The van der Waals surface area contributed by atoms with Crippen LogP contribution in [0.5, 0.6) is 0 Å². The van der Waals surface area contributed by atoms with E-state index in [1.54, 1.807) is 0 Å². The minimum Gasteiger partial charge on any atom is -0.370 e. The number of carbonyl (C=O) groups excluding carboxylic acids is 1. The van der Waals surface area contributed by atoms with Gasteiger partial charge in [0.2, 0.25) is 5.91 Å². The maximum atomic E-state index is 11.6. The Morgan fingerprint density at radius 1 is 1.37 bits per heavy atom. The van der Waals surface area contributed by atoms with E-state index in [0.29, 0.717) is 31.4 Å². The number of guanidine groups is 1. The van der Waals surface area contributed by atoms with Crippen molar-refractivity contribution in [1.29, 1.82) is 0 Å². The largest absolute Gasteiger partial charge is 0.370 e. The lowest BCUT2D eigenvalue weighted by atomic mass is 10.0. The number of carbonyl (C=O) groups is 1. The summed E-state index contributed by atoms with van der Waals surface area (Å²) in [6, 6.07) is 0.283. The van der Waals surface area contributed by atoms with Gasteiger partial charge in [-0.15, -0.1) is 24.0 Å². The molecule has 1 amide bonds. The van der Waals surface area contributed by atoms with Crippen LogP contribution in [0.25, 0.3) is 0 Å². The van der Waals surface area contributed by atoms with E-state index in [0.717, 1.165) is 0 Å². The molecule has 5 nitrogen and oxygen atoms in total. The number of nitrogens with two attached hydrogens (primary N) is 1. The van der Waals surface area contributed by atoms with Gasteiger partial charge in [-0.3, -0.25) is 9.79 Å². The Bertz CT molecular complexity index is 288. The highest BCUT2D eigenvalue weighted by atomic mass is 127. The third kappa shape index (κ3) is 9.07. The minimum atomic E-state index is 0. The van der Waals surface area contributed by atoms with E-state index in [1.165, 1.54) is 25.7 Å². The quantitative estimate of drug-likeness (QED) is 0.283. The molecule has 6 heteroatoms. The predicted molar refractivity (Wildman–Crippen MR) is 89.8 cm³/mol. The first-order valence-electron chi connectivity index (χ1n) is 6.91. The van der Waals surface area contributed by atoms with Crippen LogP contribution < -0.4 is 16.4 Å². The summed E-state index contributed by atoms with van der Waals surface area (Å²) in [5.74, 6) is 1.18. The van der Waals surface area contributed by atoms with Gasteiger partial charge in [-0.1, -0.05) is 12.8 Å². The highest BCUT2D eigenvalue weighted by Gasteiger charge is 2.17. The molecule has 0 aliphatic heterocycles. The Morgan fingerprint density at radius 2 is 2.00 bits per heavy atom. The molecular weight excluding hydrogens is 355 g/mol. The number of rotatable bonds is 6. The summed E-state index contributed by atoms with van der Waals surface area (Å²) in [5.41, 5.74) is 5.65. The fourth-order valence-corrected chi connectivity index (χ4v) is 2.26. The second-order valence-electron chi connectivity index (χ2n) is 5.27. The van der Waals surface area contributed by atoms with Crippen LogP contribution in [0.3, 0.4) is 0 Å². The van der Waals surface area contributed by atoms with Crippen LogP contribution in [0.1, 0.15) is 46.0 Å². The van der Waals surface area contributed by atoms with Gasteiger partial charge in [-0.2, -0.15) is 0 Å². The van der Waals surface area contributed by atoms with Crippen LogP contribution in [0.2, 0.25) is 0 Å². The van der Waals surface area contributed by atoms with Crippen LogP contribution in [0.15, 0.2) is 4.99 Å². The van der Waals surface area contributed by atoms with Crippen LogP contribution in [-0.4, -0.2) is 31.0 Å². The van der Waals surface area contributed by atoms with Gasteiger partial charge >= 0.3 is 0 Å². The first-order chi connectivity index (χ1) is 8.58. The second-order valence-corrected chi connectivity index (χ2v) is 5.27. The normalized spacial score (nSPS) is 16.3. The molecule has 0 heterocycles. The van der Waals surface area contributed by atoms with Crippen molar-refractivity contribution >= 4 is 35.8 Å². The minimum absolute atomic E-state index is 0. The summed E-state index contributed by atoms with van der Waals surface area (Å²) in [4.78, 5) is 15.8. The SMILES string of the molecule is CC(C)NC(N)=NCCNC(=O)CC1CCCC1.I. The van der Waals surface area contributed by atoms with Gasteiger partial charge in [0.05, 0.1) is 6.54 Å². The Morgan fingerprint density at radius 3 is 2.58 bits per heavy atom. The van der Waals surface area contributed by atoms with Gasteiger partial charge in [0.25, 0.3) is 0 Å². The molecule has 0 aromatic heterocycles. The van der Waals surface area contributed by atoms with Crippen molar-refractivity contribution in [3.05, 3.63) is 0 Å². The van der Waals surface area contributed by atoms with Gasteiger partial charge in [0, 0.05) is 19.0 Å². The summed E-state index contributed by atoms with van der Waals surface area (Å²) in [6.45, 7) is 5.10. The lowest BCUT2D eigenvalue weighted by molar-refractivity contribution is -0.121. The monoisotopic (exact) mass is 382 g/mol. The zero-order valence-corrected chi connectivity index (χ0v) is 14.3. The van der Waals surface area contributed by atoms with Gasteiger partial charge in [0.1, 0.15) is 0 Å². The van der Waals surface area contributed by atoms with Gasteiger partial charge in [-0.25, -0.2) is 0 Å². The summed E-state index contributed by atoms with van der Waals surface area (Å²) in [6.07, 6.45) is 5.64. The molecule has 1 saturated carbocycles. The van der Waals surface area contributed by atoms with Gasteiger partial charge in [-0.05, 0) is 32.6 Å². The number of hydrogen-bond donors (Lipinski definition) is 3. The molecule has 1 rings (SSSR count). The Labute approximate surface area is 133 Å². The van der Waals surface area contributed by atoms with E-state index < -0.39 is 0 Å². The molecule has 1 aliphatic rings. The fraction of sp³-hybridized carbons (Fsp3) is 0.846. The molecule has 0 atom stereocenters. The third-order valence-electron chi connectivity index (χ3n) is 3.10. The Balaban J connectivity index is 0.00000324. The van der Waals surface area contributed by atoms with E-state index in [1.807, 2.05) is 13.8 Å². The highest BCUT2D eigenvalue weighted by molar-refractivity contribution is 14.0. The number of halogens is 1. The first kappa shape index (κ1) is 18.5. The molecule has 112 valence electrons. The van der Waals surface area contributed by atoms with Crippen molar-refractivity contribution in [2.75, 3.05) is 13.1 Å². The van der Waals surface area contributed by atoms with Crippen molar-refractivity contribution in [3.8, 4) is 0 Å². The molecule has 4 N–H and O–H groups in total. The van der Waals surface area contributed by atoms with E-state index in [2.05, 4.69) is 15.6 Å². The predicted octanol–water partition coefficient (Wildman–Crippen LogP) is 1.61. The van der Waals surface area contributed by atoms with Crippen LogP contribution >= 0.6 is 24.0 Å². The zero-order valence-electron chi connectivity index (χ0n) is 11.9. The molecule has 19 heavy (non-hydrogen) atoms. The number of aliphatic imine (C=N–C) groups is 1. The topological polar surface area (TPSA) is 79.5 Å². The summed E-state index contributed by atoms with van der Waals surface area (Å²) in [7, 11) is 0. The zero-order chi connectivity index (χ0) is 13.4. The van der Waals surface area contributed by atoms with Gasteiger partial charge < -0.3 is 16.4 Å². The highest BCUT2D eigenvalue weighted by Crippen LogP contribution is 2.27. The summed E-state index contributed by atoms with van der Waals surface area (Å²) >= 11 is 0. The first-order valence-corrected chi connectivity index (χ1v) is 6.91. The maximum absolute atomic E-state index is 11.6. The van der Waals surface area contributed by atoms with Crippen molar-refractivity contribution in [2.24, 2.45) is 16.6 Å². The van der Waals surface area contributed by atoms with Crippen LogP contribution in [0, 0.1) is 5.92 Å². The van der Waals surface area contributed by atoms with Crippen molar-refractivity contribution in [2.45, 2.75) is 52.0 Å². The molecule has 0 bridgehead atoms. The lowest BCUT2D eigenvalue weighted by Crippen LogP contribution is -2.37. The Kier molecular flexibility index (Phi) is 9.99. The number of hydrogen-bond acceptors (Lipinski definition) is 2. The van der Waals surface area contributed by atoms with Crippen molar-refractivity contribution in [1.82, 2.24) is 10.6 Å². The molecule has 0 radical (unpaired) electrons. The van der Waals surface area contributed by atoms with E-state index in [9.17, 15) is 4.79 Å². The smallest absolute Gasteiger partial charge is 0.220 e. The summed E-state index contributed by atoms with van der Waals surface area (Å²) in [5, 5.41) is 5.89. The molecule has 0 spiro atoms. The van der Waals surface area contributed by atoms with E-state index in [4.69, 9.17) is 5.73 Å².